The van der Waals surface area contributed by atoms with Gasteiger partial charge < -0.3 is 14.6 Å². The van der Waals surface area contributed by atoms with Gasteiger partial charge in [0.1, 0.15) is 22.2 Å². The molecule has 0 amide bonds. The summed E-state index contributed by atoms with van der Waals surface area (Å²) in [5.41, 5.74) is 1.77. The van der Waals surface area contributed by atoms with Crippen LogP contribution in [-0.4, -0.2) is 16.0 Å². The van der Waals surface area contributed by atoms with Crippen LogP contribution in [0.15, 0.2) is 68.7 Å². The maximum atomic E-state index is 12.3. The van der Waals surface area contributed by atoms with Crippen molar-refractivity contribution in [3.63, 3.8) is 0 Å². The third kappa shape index (κ3) is 3.88. The molecule has 0 bridgehead atoms. The summed E-state index contributed by atoms with van der Waals surface area (Å²) in [5, 5.41) is 20.0. The van der Waals surface area contributed by atoms with Gasteiger partial charge in [-0.05, 0) is 25.0 Å². The number of rotatable bonds is 5. The van der Waals surface area contributed by atoms with E-state index >= 15 is 0 Å². The van der Waals surface area contributed by atoms with E-state index in [1.807, 2.05) is 30.3 Å². The lowest BCUT2D eigenvalue weighted by Crippen LogP contribution is -2.04. The zero-order valence-corrected chi connectivity index (χ0v) is 14.5. The Morgan fingerprint density at radius 2 is 1.76 bits per heavy atom. The van der Waals surface area contributed by atoms with Gasteiger partial charge in [0.15, 0.2) is 0 Å². The maximum Gasteiger partial charge on any atom is 0.353 e. The number of hydrogen-bond acceptors (Lipinski definition) is 5. The van der Waals surface area contributed by atoms with E-state index in [0.29, 0.717) is 16.9 Å². The maximum absolute atomic E-state index is 12.3. The lowest BCUT2D eigenvalue weighted by atomic mass is 10.1. The first-order valence-electron chi connectivity index (χ1n) is 7.89. The van der Waals surface area contributed by atoms with Gasteiger partial charge in [-0.1, -0.05) is 42.5 Å². The second kappa shape index (κ2) is 7.49. The topological polar surface area (TPSA) is 70.7 Å². The quantitative estimate of drug-likeness (QED) is 0.666. The Bertz CT molecular complexity index is 932. The third-order valence-corrected chi connectivity index (χ3v) is 5.01. The number of phenolic OH excluding ortho intramolecular Hbond substituents is 1. The van der Waals surface area contributed by atoms with Gasteiger partial charge in [0, 0.05) is 22.9 Å². The van der Waals surface area contributed by atoms with Crippen LogP contribution in [0.5, 0.6) is 11.5 Å². The minimum atomic E-state index is -0.573. The van der Waals surface area contributed by atoms with Gasteiger partial charge >= 0.3 is 5.63 Å². The molecule has 0 aliphatic rings. The number of aryl methyl sites for hydroxylation is 1. The van der Waals surface area contributed by atoms with Crippen molar-refractivity contribution in [1.29, 1.82) is 0 Å². The molecule has 5 heteroatoms. The molecule has 1 aromatic heterocycles. The van der Waals surface area contributed by atoms with Gasteiger partial charge in [0.25, 0.3) is 0 Å². The summed E-state index contributed by atoms with van der Waals surface area (Å²) in [4.78, 5) is 12.5. The van der Waals surface area contributed by atoms with E-state index in [4.69, 9.17) is 4.42 Å². The predicted molar refractivity (Wildman–Crippen MR) is 99.4 cm³/mol. The highest BCUT2D eigenvalue weighted by Gasteiger charge is 2.15. The summed E-state index contributed by atoms with van der Waals surface area (Å²) in [6, 6.07) is 16.3. The largest absolute Gasteiger partial charge is 0.508 e. The molecule has 0 aliphatic heterocycles. The van der Waals surface area contributed by atoms with Gasteiger partial charge in [0.2, 0.25) is 0 Å². The van der Waals surface area contributed by atoms with Gasteiger partial charge in [-0.15, -0.1) is 11.8 Å². The number of phenols is 1. The van der Waals surface area contributed by atoms with Crippen LogP contribution >= 0.6 is 11.8 Å². The van der Waals surface area contributed by atoms with E-state index in [2.05, 4.69) is 0 Å². The van der Waals surface area contributed by atoms with E-state index < -0.39 is 5.63 Å². The van der Waals surface area contributed by atoms with Crippen LogP contribution in [0.3, 0.4) is 0 Å². The van der Waals surface area contributed by atoms with Crippen LogP contribution in [0.4, 0.5) is 0 Å². The number of aromatic hydroxyl groups is 2. The molecule has 0 unspecified atom stereocenters. The highest BCUT2D eigenvalue weighted by Crippen LogP contribution is 2.33. The summed E-state index contributed by atoms with van der Waals surface area (Å²) in [6.07, 6.45) is 0.789. The Kier molecular flexibility index (Phi) is 5.14. The van der Waals surface area contributed by atoms with Gasteiger partial charge in [-0.25, -0.2) is 4.79 Å². The molecular formula is C20H18O4S. The predicted octanol–water partition coefficient (Wildman–Crippen LogP) is 4.36. The molecule has 0 aliphatic carbocycles. The van der Waals surface area contributed by atoms with Crippen LogP contribution < -0.4 is 5.63 Å². The average molecular weight is 354 g/mol. The molecular weight excluding hydrogens is 336 g/mol. The van der Waals surface area contributed by atoms with Crippen molar-refractivity contribution in [1.82, 2.24) is 0 Å². The smallest absolute Gasteiger partial charge is 0.353 e. The van der Waals surface area contributed by atoms with E-state index in [1.54, 1.807) is 25.1 Å². The third-order valence-electron chi connectivity index (χ3n) is 3.94. The molecule has 3 aromatic rings. The summed E-state index contributed by atoms with van der Waals surface area (Å²) >= 11 is 1.27. The number of hydrogen-bond donors (Lipinski definition) is 2. The fraction of sp³-hybridized carbons (Fsp3) is 0.150. The molecule has 25 heavy (non-hydrogen) atoms. The first-order valence-corrected chi connectivity index (χ1v) is 8.87. The van der Waals surface area contributed by atoms with Gasteiger partial charge in [-0.3, -0.25) is 0 Å². The molecule has 128 valence electrons. The van der Waals surface area contributed by atoms with E-state index in [0.717, 1.165) is 6.42 Å². The summed E-state index contributed by atoms with van der Waals surface area (Å²) < 4.78 is 5.37. The van der Waals surface area contributed by atoms with Crippen LogP contribution in [0.2, 0.25) is 0 Å². The normalized spacial score (nSPS) is 10.8. The fourth-order valence-corrected chi connectivity index (χ4v) is 3.45. The van der Waals surface area contributed by atoms with Crippen molar-refractivity contribution < 1.29 is 14.6 Å². The molecule has 2 N–H and O–H groups in total. The fourth-order valence-electron chi connectivity index (χ4n) is 2.54. The minimum Gasteiger partial charge on any atom is -0.508 e. The highest BCUT2D eigenvalue weighted by molar-refractivity contribution is 7.99. The number of thioether (sulfide) groups is 1. The van der Waals surface area contributed by atoms with Crippen LogP contribution in [0, 0.1) is 6.92 Å². The van der Waals surface area contributed by atoms with E-state index in [1.165, 1.54) is 23.4 Å². The van der Waals surface area contributed by atoms with Crippen LogP contribution in [-0.2, 0) is 6.42 Å². The monoisotopic (exact) mass is 354 g/mol. The minimum absolute atomic E-state index is 0.105. The standard InChI is InChI=1S/C20H18O4S/c1-13-15(8-5-9-16(13)21)18-12-17(22)19(20(23)24-18)25-11-10-14-6-3-2-4-7-14/h2-9,12,21-22H,10-11H2,1H3. The van der Waals surface area contributed by atoms with Crippen molar-refractivity contribution in [3.05, 3.63) is 76.1 Å². The van der Waals surface area contributed by atoms with Crippen molar-refractivity contribution in [3.8, 4) is 22.8 Å². The van der Waals surface area contributed by atoms with E-state index in [9.17, 15) is 15.0 Å². The molecule has 0 fully saturated rings. The molecule has 0 saturated heterocycles. The molecule has 0 radical (unpaired) electrons. The summed E-state index contributed by atoms with van der Waals surface area (Å²) in [7, 11) is 0. The molecule has 0 spiro atoms. The van der Waals surface area contributed by atoms with Crippen LogP contribution in [0.1, 0.15) is 11.1 Å². The molecule has 0 atom stereocenters. The summed E-state index contributed by atoms with van der Waals surface area (Å²) in [6.45, 7) is 1.73. The first kappa shape index (κ1) is 17.2. The lowest BCUT2D eigenvalue weighted by Gasteiger charge is -2.09. The molecule has 1 heterocycles. The summed E-state index contributed by atoms with van der Waals surface area (Å²) in [5.74, 6) is 0.906. The Labute approximate surface area is 149 Å². The van der Waals surface area contributed by atoms with E-state index in [-0.39, 0.29) is 22.2 Å². The van der Waals surface area contributed by atoms with Gasteiger partial charge in [0.05, 0.1) is 0 Å². The van der Waals surface area contributed by atoms with Crippen molar-refractivity contribution in [2.75, 3.05) is 5.75 Å². The van der Waals surface area contributed by atoms with Crippen molar-refractivity contribution in [2.24, 2.45) is 0 Å². The molecule has 4 nitrogen and oxygen atoms in total. The van der Waals surface area contributed by atoms with Gasteiger partial charge in [-0.2, -0.15) is 0 Å². The highest BCUT2D eigenvalue weighted by atomic mass is 32.2. The molecule has 3 rings (SSSR count). The molecule has 2 aromatic carbocycles. The Morgan fingerprint density at radius 1 is 1.00 bits per heavy atom. The number of benzene rings is 2. The zero-order chi connectivity index (χ0) is 17.8. The average Bonchev–Trinajstić information content (AvgIpc) is 2.60. The Hall–Kier alpha value is -2.66. The first-order chi connectivity index (χ1) is 12.1. The second-order valence-corrected chi connectivity index (χ2v) is 6.75. The Balaban J connectivity index is 1.81. The molecule has 0 saturated carbocycles. The van der Waals surface area contributed by atoms with Crippen LogP contribution in [0.25, 0.3) is 11.3 Å². The zero-order valence-electron chi connectivity index (χ0n) is 13.7. The second-order valence-electron chi connectivity index (χ2n) is 5.65. The van der Waals surface area contributed by atoms with Crippen molar-refractivity contribution in [2.45, 2.75) is 18.2 Å². The van der Waals surface area contributed by atoms with Crippen molar-refractivity contribution >= 4 is 11.8 Å². The SMILES string of the molecule is Cc1c(O)cccc1-c1cc(O)c(SCCc2ccccc2)c(=O)o1. The lowest BCUT2D eigenvalue weighted by molar-refractivity contribution is 0.429. The Morgan fingerprint density at radius 3 is 2.48 bits per heavy atom.